The second kappa shape index (κ2) is 6.65. The van der Waals surface area contributed by atoms with Crippen molar-refractivity contribution >= 4 is 34.2 Å². The highest BCUT2D eigenvalue weighted by molar-refractivity contribution is 14.1. The van der Waals surface area contributed by atoms with E-state index >= 15 is 0 Å². The molecule has 0 saturated heterocycles. The van der Waals surface area contributed by atoms with E-state index in [1.807, 2.05) is 24.3 Å². The molecule has 0 aliphatic heterocycles. The van der Waals surface area contributed by atoms with Gasteiger partial charge in [-0.1, -0.05) is 29.8 Å². The van der Waals surface area contributed by atoms with Crippen molar-refractivity contribution < 1.29 is 4.39 Å². The van der Waals surface area contributed by atoms with Gasteiger partial charge in [0.25, 0.3) is 0 Å². The third kappa shape index (κ3) is 3.66. The van der Waals surface area contributed by atoms with Gasteiger partial charge >= 0.3 is 0 Å². The first-order chi connectivity index (χ1) is 9.11. The van der Waals surface area contributed by atoms with Crippen LogP contribution in [0.5, 0.6) is 0 Å². The maximum absolute atomic E-state index is 13.7. The fourth-order valence-electron chi connectivity index (χ4n) is 1.92. The number of hydrazine groups is 1. The smallest absolute Gasteiger partial charge is 0.126 e. The van der Waals surface area contributed by atoms with Crippen molar-refractivity contribution in [1.29, 1.82) is 0 Å². The second-order valence-corrected chi connectivity index (χ2v) is 5.78. The van der Waals surface area contributed by atoms with Crippen LogP contribution in [0.2, 0.25) is 5.02 Å². The van der Waals surface area contributed by atoms with Crippen molar-refractivity contribution in [3.05, 3.63) is 68.0 Å². The summed E-state index contributed by atoms with van der Waals surface area (Å²) in [6, 6.07) is 12.1. The number of hydrogen-bond donors (Lipinski definition) is 2. The van der Waals surface area contributed by atoms with E-state index in [9.17, 15) is 4.39 Å². The molecule has 100 valence electrons. The molecule has 2 aromatic carbocycles. The average molecular weight is 391 g/mol. The molecule has 0 heterocycles. The lowest BCUT2D eigenvalue weighted by atomic mass is 9.99. The fourth-order valence-corrected chi connectivity index (χ4v) is 2.82. The molecule has 0 saturated carbocycles. The number of halogens is 3. The Labute approximate surface area is 130 Å². The zero-order valence-electron chi connectivity index (χ0n) is 10.0. The van der Waals surface area contributed by atoms with Gasteiger partial charge in [0.15, 0.2) is 0 Å². The summed E-state index contributed by atoms with van der Waals surface area (Å²) in [6.45, 7) is 0. The molecule has 2 rings (SSSR count). The van der Waals surface area contributed by atoms with Crippen LogP contribution in [-0.4, -0.2) is 0 Å². The molecule has 2 aromatic rings. The predicted octanol–water partition coefficient (Wildman–Crippen LogP) is 3.83. The molecule has 0 bridgehead atoms. The van der Waals surface area contributed by atoms with Crippen LogP contribution in [0.4, 0.5) is 4.39 Å². The highest BCUT2D eigenvalue weighted by atomic mass is 127. The van der Waals surface area contributed by atoms with Gasteiger partial charge in [-0.2, -0.15) is 0 Å². The van der Waals surface area contributed by atoms with E-state index in [1.165, 1.54) is 6.07 Å². The number of rotatable bonds is 4. The van der Waals surface area contributed by atoms with Gasteiger partial charge in [0.1, 0.15) is 5.82 Å². The van der Waals surface area contributed by atoms with Crippen molar-refractivity contribution in [3.63, 3.8) is 0 Å². The van der Waals surface area contributed by atoms with E-state index in [-0.39, 0.29) is 11.9 Å². The Kier molecular flexibility index (Phi) is 5.15. The van der Waals surface area contributed by atoms with Gasteiger partial charge in [0.2, 0.25) is 0 Å². The zero-order valence-corrected chi connectivity index (χ0v) is 13.0. The molecular formula is C14H13ClFIN2. The summed E-state index contributed by atoms with van der Waals surface area (Å²) in [4.78, 5) is 0. The van der Waals surface area contributed by atoms with Crippen molar-refractivity contribution in [1.82, 2.24) is 5.43 Å². The molecule has 1 unspecified atom stereocenters. The van der Waals surface area contributed by atoms with Crippen LogP contribution < -0.4 is 11.3 Å². The molecule has 19 heavy (non-hydrogen) atoms. The van der Waals surface area contributed by atoms with Crippen LogP contribution >= 0.6 is 34.2 Å². The topological polar surface area (TPSA) is 38.0 Å². The molecule has 0 aromatic heterocycles. The Balaban J connectivity index is 2.30. The Morgan fingerprint density at radius 2 is 2.00 bits per heavy atom. The Hall–Kier alpha value is -0.690. The minimum absolute atomic E-state index is 0.178. The number of hydrogen-bond acceptors (Lipinski definition) is 2. The highest BCUT2D eigenvalue weighted by Crippen LogP contribution is 2.26. The van der Waals surface area contributed by atoms with Crippen molar-refractivity contribution in [2.24, 2.45) is 5.84 Å². The van der Waals surface area contributed by atoms with Crippen molar-refractivity contribution in [2.45, 2.75) is 12.5 Å². The maximum atomic E-state index is 13.7. The summed E-state index contributed by atoms with van der Waals surface area (Å²) < 4.78 is 14.7. The average Bonchev–Trinajstić information content (AvgIpc) is 2.41. The SMILES string of the molecule is NNC(Cc1ccccc1F)c1cc(Cl)ccc1I. The molecule has 5 heteroatoms. The molecule has 3 N–H and O–H groups in total. The first-order valence-electron chi connectivity index (χ1n) is 5.76. The van der Waals surface area contributed by atoms with E-state index in [2.05, 4.69) is 28.0 Å². The van der Waals surface area contributed by atoms with Crippen LogP contribution in [0.1, 0.15) is 17.2 Å². The van der Waals surface area contributed by atoms with Gasteiger partial charge in [-0.25, -0.2) is 4.39 Å². The second-order valence-electron chi connectivity index (χ2n) is 4.18. The van der Waals surface area contributed by atoms with Gasteiger partial charge in [0.05, 0.1) is 6.04 Å². The molecule has 0 spiro atoms. The fraction of sp³-hybridized carbons (Fsp3) is 0.143. The summed E-state index contributed by atoms with van der Waals surface area (Å²) >= 11 is 8.23. The molecule has 0 amide bonds. The number of benzene rings is 2. The predicted molar refractivity (Wildman–Crippen MR) is 84.3 cm³/mol. The molecule has 1 atom stereocenters. The van der Waals surface area contributed by atoms with Gasteiger partial charge in [0, 0.05) is 8.59 Å². The molecular weight excluding hydrogens is 378 g/mol. The van der Waals surface area contributed by atoms with Crippen LogP contribution in [-0.2, 0) is 6.42 Å². The number of nitrogens with one attached hydrogen (secondary N) is 1. The first-order valence-corrected chi connectivity index (χ1v) is 7.22. The van der Waals surface area contributed by atoms with E-state index in [0.29, 0.717) is 17.0 Å². The first kappa shape index (κ1) is 14.7. The highest BCUT2D eigenvalue weighted by Gasteiger charge is 2.16. The van der Waals surface area contributed by atoms with Crippen LogP contribution in [0.25, 0.3) is 0 Å². The van der Waals surface area contributed by atoms with Gasteiger partial charge in [-0.15, -0.1) is 0 Å². The summed E-state index contributed by atoms with van der Waals surface area (Å²) in [5.74, 6) is 5.38. The van der Waals surface area contributed by atoms with Crippen molar-refractivity contribution in [3.8, 4) is 0 Å². The van der Waals surface area contributed by atoms with Crippen LogP contribution in [0.3, 0.4) is 0 Å². The molecule has 0 radical (unpaired) electrons. The lowest BCUT2D eigenvalue weighted by Gasteiger charge is -2.18. The van der Waals surface area contributed by atoms with Crippen LogP contribution in [0, 0.1) is 9.39 Å². The Morgan fingerprint density at radius 1 is 1.26 bits per heavy atom. The van der Waals surface area contributed by atoms with Crippen LogP contribution in [0.15, 0.2) is 42.5 Å². The molecule has 0 aliphatic rings. The minimum Gasteiger partial charge on any atom is -0.271 e. The van der Waals surface area contributed by atoms with Gasteiger partial charge in [-0.3, -0.25) is 11.3 Å². The van der Waals surface area contributed by atoms with E-state index in [0.717, 1.165) is 9.13 Å². The minimum atomic E-state index is -0.222. The Morgan fingerprint density at radius 3 is 2.68 bits per heavy atom. The lowest BCUT2D eigenvalue weighted by Crippen LogP contribution is -2.30. The molecule has 0 aliphatic carbocycles. The number of nitrogens with two attached hydrogens (primary N) is 1. The summed E-state index contributed by atoms with van der Waals surface area (Å²) in [6.07, 6.45) is 0.472. The quantitative estimate of drug-likeness (QED) is 0.473. The van der Waals surface area contributed by atoms with E-state index in [1.54, 1.807) is 12.1 Å². The summed E-state index contributed by atoms with van der Waals surface area (Å²) in [7, 11) is 0. The third-order valence-electron chi connectivity index (χ3n) is 2.92. The monoisotopic (exact) mass is 390 g/mol. The third-order valence-corrected chi connectivity index (χ3v) is 4.13. The lowest BCUT2D eigenvalue weighted by molar-refractivity contribution is 0.527. The normalized spacial score (nSPS) is 12.4. The summed E-state index contributed by atoms with van der Waals surface area (Å²) in [5, 5.41) is 0.643. The Bertz CT molecular complexity index is 577. The maximum Gasteiger partial charge on any atom is 0.126 e. The van der Waals surface area contributed by atoms with Gasteiger partial charge < -0.3 is 0 Å². The molecule has 0 fully saturated rings. The van der Waals surface area contributed by atoms with Gasteiger partial charge in [-0.05, 0) is 64.4 Å². The van der Waals surface area contributed by atoms with E-state index < -0.39 is 0 Å². The summed E-state index contributed by atoms with van der Waals surface area (Å²) in [5.41, 5.74) is 4.33. The standard InChI is InChI=1S/C14H13ClFIN2/c15-10-5-6-13(17)11(8-10)14(19-18)7-9-3-1-2-4-12(9)16/h1-6,8,14,19H,7,18H2. The largest absolute Gasteiger partial charge is 0.271 e. The van der Waals surface area contributed by atoms with E-state index in [4.69, 9.17) is 17.4 Å². The van der Waals surface area contributed by atoms with Crippen molar-refractivity contribution in [2.75, 3.05) is 0 Å². The molecule has 2 nitrogen and oxygen atoms in total. The zero-order chi connectivity index (χ0) is 13.8.